The van der Waals surface area contributed by atoms with E-state index in [1.165, 1.54) is 0 Å². The van der Waals surface area contributed by atoms with E-state index in [4.69, 9.17) is 11.5 Å². The van der Waals surface area contributed by atoms with E-state index in [1.807, 2.05) is 11.0 Å². The maximum Gasteiger partial charge on any atom is 0.246 e. The predicted molar refractivity (Wildman–Crippen MR) is 104 cm³/mol. The largest absolute Gasteiger partial charge is 0.332 e. The highest BCUT2D eigenvalue weighted by atomic mass is 16.2. The first-order chi connectivity index (χ1) is 12.4. The molecule has 148 valence electrons. The van der Waals surface area contributed by atoms with Gasteiger partial charge in [-0.05, 0) is 39.0 Å². The first-order valence-electron chi connectivity index (χ1n) is 10.1. The molecule has 2 aliphatic rings. The highest BCUT2D eigenvalue weighted by Gasteiger charge is 2.46. The maximum absolute atomic E-state index is 13.4. The summed E-state index contributed by atoms with van der Waals surface area (Å²) in [6.07, 6.45) is 9.81. The highest BCUT2D eigenvalue weighted by molar-refractivity contribution is 5.91. The standard InChI is InChI=1S/C20H36N4O2/c1-4-6-7-11-20(5-2)12-9-14-24(20)18(25)16-10-8-13-23(16)19(26)17(22)15(3)21/h5,15-17H,2,4,6-14,21-22H2,1,3H3. The van der Waals surface area contributed by atoms with Gasteiger partial charge in [-0.2, -0.15) is 0 Å². The Kier molecular flexibility index (Phi) is 7.24. The summed E-state index contributed by atoms with van der Waals surface area (Å²) in [5, 5.41) is 0. The molecule has 4 N–H and O–H groups in total. The third kappa shape index (κ3) is 4.12. The van der Waals surface area contributed by atoms with Crippen LogP contribution in [0.4, 0.5) is 0 Å². The van der Waals surface area contributed by atoms with Gasteiger partial charge in [0.2, 0.25) is 11.8 Å². The zero-order valence-corrected chi connectivity index (χ0v) is 16.5. The molecule has 6 nitrogen and oxygen atoms in total. The molecule has 2 rings (SSSR count). The highest BCUT2D eigenvalue weighted by Crippen LogP contribution is 2.37. The molecule has 2 saturated heterocycles. The molecule has 2 heterocycles. The topological polar surface area (TPSA) is 92.7 Å². The normalized spacial score (nSPS) is 28.2. The van der Waals surface area contributed by atoms with E-state index < -0.39 is 18.1 Å². The van der Waals surface area contributed by atoms with Crippen molar-refractivity contribution < 1.29 is 9.59 Å². The quantitative estimate of drug-likeness (QED) is 0.507. The van der Waals surface area contributed by atoms with E-state index in [9.17, 15) is 9.59 Å². The summed E-state index contributed by atoms with van der Waals surface area (Å²) in [6.45, 7) is 9.29. The van der Waals surface area contributed by atoms with Crippen LogP contribution in [0.2, 0.25) is 0 Å². The lowest BCUT2D eigenvalue weighted by Crippen LogP contribution is -2.58. The Morgan fingerprint density at radius 3 is 2.62 bits per heavy atom. The van der Waals surface area contributed by atoms with Gasteiger partial charge in [0, 0.05) is 19.1 Å². The van der Waals surface area contributed by atoms with Crippen LogP contribution in [-0.2, 0) is 9.59 Å². The number of hydrogen-bond acceptors (Lipinski definition) is 4. The fraction of sp³-hybridized carbons (Fsp3) is 0.800. The van der Waals surface area contributed by atoms with Gasteiger partial charge < -0.3 is 21.3 Å². The number of nitrogens with zero attached hydrogens (tertiary/aromatic N) is 2. The first-order valence-corrected chi connectivity index (χ1v) is 10.1. The lowest BCUT2D eigenvalue weighted by atomic mass is 9.89. The summed E-state index contributed by atoms with van der Waals surface area (Å²) >= 11 is 0. The summed E-state index contributed by atoms with van der Waals surface area (Å²) in [5.74, 6) is -0.146. The number of nitrogens with two attached hydrogens (primary N) is 2. The van der Waals surface area contributed by atoms with E-state index in [0.717, 1.165) is 51.5 Å². The molecule has 0 aromatic heterocycles. The van der Waals surface area contributed by atoms with Crippen molar-refractivity contribution in [3.05, 3.63) is 12.7 Å². The molecule has 0 saturated carbocycles. The van der Waals surface area contributed by atoms with Gasteiger partial charge in [0.25, 0.3) is 0 Å². The van der Waals surface area contributed by atoms with Gasteiger partial charge in [0.05, 0.1) is 11.6 Å². The summed E-state index contributed by atoms with van der Waals surface area (Å²) in [4.78, 5) is 29.7. The van der Waals surface area contributed by atoms with Crippen molar-refractivity contribution in [1.29, 1.82) is 0 Å². The molecule has 0 aliphatic carbocycles. The minimum Gasteiger partial charge on any atom is -0.332 e. The SMILES string of the molecule is C=CC1(CCCCC)CCCN1C(=O)C1CCCN1C(=O)C(N)C(C)N. The molecule has 26 heavy (non-hydrogen) atoms. The second-order valence-electron chi connectivity index (χ2n) is 7.93. The molecule has 6 heteroatoms. The van der Waals surface area contributed by atoms with E-state index in [2.05, 4.69) is 13.5 Å². The minimum absolute atomic E-state index is 0.0571. The van der Waals surface area contributed by atoms with Crippen LogP contribution in [0.5, 0.6) is 0 Å². The molecule has 0 aromatic carbocycles. The van der Waals surface area contributed by atoms with Crippen molar-refractivity contribution in [2.45, 2.75) is 88.9 Å². The van der Waals surface area contributed by atoms with Gasteiger partial charge in [-0.1, -0.05) is 32.3 Å². The van der Waals surface area contributed by atoms with Gasteiger partial charge in [-0.15, -0.1) is 6.58 Å². The monoisotopic (exact) mass is 364 g/mol. The molecule has 4 atom stereocenters. The molecule has 0 bridgehead atoms. The predicted octanol–water partition coefficient (Wildman–Crippen LogP) is 1.78. The Bertz CT molecular complexity index is 522. The second kappa shape index (κ2) is 9.00. The Morgan fingerprint density at radius 1 is 1.27 bits per heavy atom. The van der Waals surface area contributed by atoms with Crippen molar-refractivity contribution in [3.63, 3.8) is 0 Å². The summed E-state index contributed by atoms with van der Waals surface area (Å²) in [7, 11) is 0. The molecule has 0 radical (unpaired) electrons. The third-order valence-electron chi connectivity index (χ3n) is 6.06. The van der Waals surface area contributed by atoms with Crippen molar-refractivity contribution >= 4 is 11.8 Å². The molecule has 4 unspecified atom stereocenters. The van der Waals surface area contributed by atoms with Crippen LogP contribution in [0.1, 0.15) is 65.2 Å². The fourth-order valence-electron chi connectivity index (χ4n) is 4.37. The molecule has 2 fully saturated rings. The van der Waals surface area contributed by atoms with E-state index in [1.54, 1.807) is 11.8 Å². The number of carbonyl (C=O) groups is 2. The molecule has 2 amide bonds. The number of unbranched alkanes of at least 4 members (excludes halogenated alkanes) is 2. The fourth-order valence-corrected chi connectivity index (χ4v) is 4.37. The molecular formula is C20H36N4O2. The van der Waals surface area contributed by atoms with Gasteiger partial charge in [0.15, 0.2) is 0 Å². The third-order valence-corrected chi connectivity index (χ3v) is 6.06. The van der Waals surface area contributed by atoms with E-state index >= 15 is 0 Å². The van der Waals surface area contributed by atoms with Crippen LogP contribution in [0, 0.1) is 0 Å². The Labute approximate surface area is 157 Å². The first kappa shape index (κ1) is 20.9. The summed E-state index contributed by atoms with van der Waals surface area (Å²) in [5.41, 5.74) is 11.5. The number of rotatable bonds is 8. The smallest absolute Gasteiger partial charge is 0.246 e. The van der Waals surface area contributed by atoms with Crippen LogP contribution < -0.4 is 11.5 Å². The Balaban J connectivity index is 2.14. The van der Waals surface area contributed by atoms with Gasteiger partial charge in [-0.25, -0.2) is 0 Å². The van der Waals surface area contributed by atoms with Crippen molar-refractivity contribution in [1.82, 2.24) is 9.80 Å². The van der Waals surface area contributed by atoms with Gasteiger partial charge in [-0.3, -0.25) is 9.59 Å². The van der Waals surface area contributed by atoms with Crippen molar-refractivity contribution in [2.24, 2.45) is 11.5 Å². The number of carbonyl (C=O) groups excluding carboxylic acids is 2. The summed E-state index contributed by atoms with van der Waals surface area (Å²) < 4.78 is 0. The zero-order chi connectivity index (χ0) is 19.3. The Hall–Kier alpha value is -1.40. The number of likely N-dealkylation sites (tertiary alicyclic amines) is 2. The molecular weight excluding hydrogens is 328 g/mol. The van der Waals surface area contributed by atoms with Crippen LogP contribution in [0.15, 0.2) is 12.7 Å². The molecule has 2 aliphatic heterocycles. The number of hydrogen-bond donors (Lipinski definition) is 2. The number of amides is 2. The maximum atomic E-state index is 13.4. The average Bonchev–Trinajstić information content (AvgIpc) is 3.27. The van der Waals surface area contributed by atoms with E-state index in [0.29, 0.717) is 13.0 Å². The zero-order valence-electron chi connectivity index (χ0n) is 16.5. The minimum atomic E-state index is -0.754. The van der Waals surface area contributed by atoms with E-state index in [-0.39, 0.29) is 17.4 Å². The lowest BCUT2D eigenvalue weighted by molar-refractivity contribution is -0.146. The van der Waals surface area contributed by atoms with Crippen LogP contribution >= 0.6 is 0 Å². The molecule has 0 spiro atoms. The average molecular weight is 365 g/mol. The van der Waals surface area contributed by atoms with Gasteiger partial charge in [0.1, 0.15) is 6.04 Å². The second-order valence-corrected chi connectivity index (χ2v) is 7.93. The van der Waals surface area contributed by atoms with Crippen molar-refractivity contribution in [2.75, 3.05) is 13.1 Å². The Morgan fingerprint density at radius 2 is 2.00 bits per heavy atom. The van der Waals surface area contributed by atoms with Crippen LogP contribution in [-0.4, -0.2) is 58.4 Å². The molecule has 0 aromatic rings. The van der Waals surface area contributed by atoms with Crippen LogP contribution in [0.25, 0.3) is 0 Å². The van der Waals surface area contributed by atoms with Crippen molar-refractivity contribution in [3.8, 4) is 0 Å². The van der Waals surface area contributed by atoms with Crippen LogP contribution in [0.3, 0.4) is 0 Å². The summed E-state index contributed by atoms with van der Waals surface area (Å²) in [6, 6.07) is -1.58. The van der Waals surface area contributed by atoms with Gasteiger partial charge >= 0.3 is 0 Å². The lowest BCUT2D eigenvalue weighted by Gasteiger charge is -2.39.